The van der Waals surface area contributed by atoms with Gasteiger partial charge < -0.3 is 14.4 Å². The van der Waals surface area contributed by atoms with Gasteiger partial charge in [-0.1, -0.05) is 25.5 Å². The van der Waals surface area contributed by atoms with Crippen LogP contribution in [0.2, 0.25) is 0 Å². The van der Waals surface area contributed by atoms with Crippen LogP contribution in [0.3, 0.4) is 0 Å². The first kappa shape index (κ1) is 18.0. The molecule has 1 saturated heterocycles. The Hall–Kier alpha value is -1.86. The Morgan fingerprint density at radius 2 is 1.84 bits per heavy atom. The van der Waals surface area contributed by atoms with Crippen LogP contribution in [-0.4, -0.2) is 40.3 Å². The fourth-order valence-electron chi connectivity index (χ4n) is 3.37. The topological polar surface area (TPSA) is 76.1 Å². The van der Waals surface area contributed by atoms with Crippen molar-refractivity contribution in [3.63, 3.8) is 0 Å². The summed E-state index contributed by atoms with van der Waals surface area (Å²) in [4.78, 5) is 24.9. The van der Waals surface area contributed by atoms with Crippen LogP contribution >= 0.6 is 0 Å². The summed E-state index contributed by atoms with van der Waals surface area (Å²) < 4.78 is 12.1. The molecule has 1 atom stereocenters. The summed E-state index contributed by atoms with van der Waals surface area (Å²) in [5, 5.41) is 9.43. The molecule has 0 radical (unpaired) electrons. The zero-order valence-corrected chi connectivity index (χ0v) is 15.3. The van der Waals surface area contributed by atoms with Crippen LogP contribution in [0.1, 0.15) is 69.4 Å². The highest BCUT2D eigenvalue weighted by Gasteiger charge is 2.52. The number of imide groups is 1. The minimum absolute atomic E-state index is 0.445. The van der Waals surface area contributed by atoms with E-state index in [1.54, 1.807) is 12.1 Å². The van der Waals surface area contributed by atoms with Crippen molar-refractivity contribution in [2.75, 3.05) is 0 Å². The number of nitrogens with zero attached hydrogens (tertiary/aromatic N) is 1. The number of rotatable bonds is 3. The lowest BCUT2D eigenvalue weighted by Gasteiger charge is -2.32. The first-order valence-electron chi connectivity index (χ1n) is 8.65. The molecule has 1 fully saturated rings. The quantitative estimate of drug-likeness (QED) is 0.853. The Kier molecular flexibility index (Phi) is 4.20. The summed E-state index contributed by atoms with van der Waals surface area (Å²) in [6.45, 7) is 9.90. The number of hydrogen-bond acceptors (Lipinski definition) is 4. The van der Waals surface area contributed by atoms with Crippen LogP contribution in [0.5, 0.6) is 0 Å². The summed E-state index contributed by atoms with van der Waals surface area (Å²) in [6, 6.07) is 4.88. The van der Waals surface area contributed by atoms with Crippen molar-refractivity contribution in [2.24, 2.45) is 0 Å². The maximum Gasteiger partial charge on any atom is 0.494 e. The van der Waals surface area contributed by atoms with Crippen LogP contribution in [0.4, 0.5) is 4.79 Å². The monoisotopic (exact) mass is 345 g/mol. The largest absolute Gasteiger partial charge is 0.494 e. The smallest absolute Gasteiger partial charge is 0.465 e. The lowest BCUT2D eigenvalue weighted by Crippen LogP contribution is -2.41. The summed E-state index contributed by atoms with van der Waals surface area (Å²) in [7, 11) is -0.536. The molecule has 2 aliphatic rings. The predicted molar refractivity (Wildman–Crippen MR) is 94.0 cm³/mol. The minimum Gasteiger partial charge on any atom is -0.465 e. The number of benzene rings is 1. The average Bonchev–Trinajstić information content (AvgIpc) is 2.90. The SMILES string of the molecule is CCC[C@@H]1c2cc(B3OC(C)(C)C(C)(C)O3)ccc2C(=O)N1C(=O)O. The normalized spacial score (nSPS) is 23.9. The van der Waals surface area contributed by atoms with Crippen molar-refractivity contribution < 1.29 is 24.0 Å². The summed E-state index contributed by atoms with van der Waals surface area (Å²) >= 11 is 0. The fraction of sp³-hybridized carbons (Fsp3) is 0.556. The zero-order chi connectivity index (χ0) is 18.6. The molecule has 0 unspecified atom stereocenters. The van der Waals surface area contributed by atoms with E-state index in [9.17, 15) is 14.7 Å². The third kappa shape index (κ3) is 2.75. The molecule has 3 rings (SSSR count). The van der Waals surface area contributed by atoms with Gasteiger partial charge in [0.15, 0.2) is 0 Å². The molecule has 2 heterocycles. The van der Waals surface area contributed by atoms with Gasteiger partial charge in [-0.05, 0) is 51.2 Å². The molecule has 2 amide bonds. The molecule has 0 spiro atoms. The number of hydrogen-bond donors (Lipinski definition) is 1. The molecule has 134 valence electrons. The van der Waals surface area contributed by atoms with E-state index in [2.05, 4.69) is 0 Å². The van der Waals surface area contributed by atoms with E-state index in [-0.39, 0.29) is 0 Å². The van der Waals surface area contributed by atoms with Gasteiger partial charge in [0.1, 0.15) is 0 Å². The second-order valence-corrected chi connectivity index (χ2v) is 7.70. The first-order chi connectivity index (χ1) is 11.6. The maximum absolute atomic E-state index is 12.4. The van der Waals surface area contributed by atoms with E-state index in [0.29, 0.717) is 12.0 Å². The minimum atomic E-state index is -1.21. The molecule has 1 N–H and O–H groups in total. The average molecular weight is 345 g/mol. The molecule has 0 bridgehead atoms. The third-order valence-corrected chi connectivity index (χ3v) is 5.49. The molecular weight excluding hydrogens is 321 g/mol. The maximum atomic E-state index is 12.4. The Morgan fingerprint density at radius 3 is 2.36 bits per heavy atom. The number of carboxylic acid groups (broad SMARTS) is 1. The third-order valence-electron chi connectivity index (χ3n) is 5.49. The van der Waals surface area contributed by atoms with Gasteiger partial charge in [-0.3, -0.25) is 4.79 Å². The van der Waals surface area contributed by atoms with Gasteiger partial charge in [0.05, 0.1) is 17.2 Å². The second-order valence-electron chi connectivity index (χ2n) is 7.70. The molecule has 0 aliphatic carbocycles. The molecule has 1 aromatic carbocycles. The van der Waals surface area contributed by atoms with Crippen LogP contribution in [0.15, 0.2) is 18.2 Å². The van der Waals surface area contributed by atoms with Crippen LogP contribution in [0.25, 0.3) is 0 Å². The van der Waals surface area contributed by atoms with Gasteiger partial charge in [0.2, 0.25) is 0 Å². The molecule has 25 heavy (non-hydrogen) atoms. The number of fused-ring (bicyclic) bond motifs is 1. The lowest BCUT2D eigenvalue weighted by atomic mass is 9.77. The van der Waals surface area contributed by atoms with Crippen molar-refractivity contribution in [3.05, 3.63) is 29.3 Å². The number of carbonyl (C=O) groups excluding carboxylic acids is 1. The first-order valence-corrected chi connectivity index (χ1v) is 8.65. The van der Waals surface area contributed by atoms with Crippen molar-refractivity contribution in [1.82, 2.24) is 4.90 Å². The van der Waals surface area contributed by atoms with E-state index in [1.807, 2.05) is 40.7 Å². The summed E-state index contributed by atoms with van der Waals surface area (Å²) in [5.74, 6) is -0.457. The van der Waals surface area contributed by atoms with Gasteiger partial charge in [-0.2, -0.15) is 0 Å². The Balaban J connectivity index is 1.98. The lowest BCUT2D eigenvalue weighted by molar-refractivity contribution is 0.00578. The van der Waals surface area contributed by atoms with E-state index in [0.717, 1.165) is 22.3 Å². The van der Waals surface area contributed by atoms with Crippen molar-refractivity contribution in [2.45, 2.75) is 64.7 Å². The molecular formula is C18H24BNO5. The molecule has 0 aromatic heterocycles. The van der Waals surface area contributed by atoms with Gasteiger partial charge >= 0.3 is 13.2 Å². The van der Waals surface area contributed by atoms with Crippen LogP contribution < -0.4 is 5.46 Å². The molecule has 1 aromatic rings. The van der Waals surface area contributed by atoms with Crippen LogP contribution in [0, 0.1) is 0 Å². The van der Waals surface area contributed by atoms with E-state index in [4.69, 9.17) is 9.31 Å². The Bertz CT molecular complexity index is 714. The van der Waals surface area contributed by atoms with E-state index in [1.165, 1.54) is 0 Å². The zero-order valence-electron chi connectivity index (χ0n) is 15.3. The highest BCUT2D eigenvalue weighted by Crippen LogP contribution is 2.39. The van der Waals surface area contributed by atoms with Gasteiger partial charge in [0, 0.05) is 5.56 Å². The van der Waals surface area contributed by atoms with Gasteiger partial charge in [-0.25, -0.2) is 9.69 Å². The summed E-state index contributed by atoms with van der Waals surface area (Å²) in [5.41, 5.74) is 1.08. The second kappa shape index (κ2) is 5.85. The van der Waals surface area contributed by atoms with Crippen molar-refractivity contribution in [3.8, 4) is 0 Å². The standard InChI is InChI=1S/C18H24BNO5/c1-6-7-14-13-10-11(19-24-17(2,3)18(4,5)25-19)8-9-12(13)15(21)20(14)16(22)23/h8-10,14H,6-7H2,1-5H3,(H,22,23)/t14-/m1/s1. The van der Waals surface area contributed by atoms with E-state index < -0.39 is 36.4 Å². The highest BCUT2D eigenvalue weighted by atomic mass is 16.7. The van der Waals surface area contributed by atoms with Gasteiger partial charge in [0.25, 0.3) is 5.91 Å². The van der Waals surface area contributed by atoms with Crippen molar-refractivity contribution in [1.29, 1.82) is 0 Å². The molecule has 6 nitrogen and oxygen atoms in total. The Morgan fingerprint density at radius 1 is 1.24 bits per heavy atom. The number of carbonyl (C=O) groups is 2. The van der Waals surface area contributed by atoms with Crippen molar-refractivity contribution >= 4 is 24.6 Å². The summed E-state index contributed by atoms with van der Waals surface area (Å²) in [6.07, 6.45) is 0.163. The fourth-order valence-corrected chi connectivity index (χ4v) is 3.37. The molecule has 0 saturated carbocycles. The highest BCUT2D eigenvalue weighted by molar-refractivity contribution is 6.62. The predicted octanol–water partition coefficient (Wildman–Crippen LogP) is 2.96. The van der Waals surface area contributed by atoms with Crippen LogP contribution in [-0.2, 0) is 9.31 Å². The number of amides is 2. The molecule has 7 heteroatoms. The van der Waals surface area contributed by atoms with E-state index >= 15 is 0 Å². The van der Waals surface area contributed by atoms with Gasteiger partial charge in [-0.15, -0.1) is 0 Å². The molecule has 2 aliphatic heterocycles. The Labute approximate surface area is 148 Å².